The second kappa shape index (κ2) is 6.04. The van der Waals surface area contributed by atoms with E-state index in [0.717, 1.165) is 6.42 Å². The molecule has 0 heteroatoms. The van der Waals surface area contributed by atoms with Crippen molar-refractivity contribution < 1.29 is 0 Å². The standard InChI is InChI=1S/C23H22/c1-17-19-12-6-7-13-20(16-19)23(18-10-4-2-3-5-11-18)22-15-9-8-14-21(17)22/h2-4,6-15,19-20H,5,16H2,1H3. The second-order valence-electron chi connectivity index (χ2n) is 6.54. The molecule has 2 bridgehead atoms. The quantitative estimate of drug-likeness (QED) is 0.728. The van der Waals surface area contributed by atoms with Gasteiger partial charge in [-0.05, 0) is 47.3 Å². The van der Waals surface area contributed by atoms with Crippen molar-refractivity contribution in [2.24, 2.45) is 11.8 Å². The predicted molar refractivity (Wildman–Crippen MR) is 99.0 cm³/mol. The first-order valence-corrected chi connectivity index (χ1v) is 8.53. The molecule has 3 aliphatic carbocycles. The summed E-state index contributed by atoms with van der Waals surface area (Å²) in [6.07, 6.45) is 22.6. The topological polar surface area (TPSA) is 0 Å². The summed E-state index contributed by atoms with van der Waals surface area (Å²) < 4.78 is 0. The maximum absolute atomic E-state index is 2.38. The van der Waals surface area contributed by atoms with Crippen molar-refractivity contribution in [3.8, 4) is 0 Å². The van der Waals surface area contributed by atoms with E-state index >= 15 is 0 Å². The molecule has 0 saturated heterocycles. The van der Waals surface area contributed by atoms with E-state index in [0.29, 0.717) is 11.8 Å². The van der Waals surface area contributed by atoms with Crippen molar-refractivity contribution in [2.45, 2.75) is 19.8 Å². The summed E-state index contributed by atoms with van der Waals surface area (Å²) in [7, 11) is 0. The monoisotopic (exact) mass is 298 g/mol. The van der Waals surface area contributed by atoms with Gasteiger partial charge in [-0.15, -0.1) is 0 Å². The lowest BCUT2D eigenvalue weighted by Gasteiger charge is -2.19. The van der Waals surface area contributed by atoms with Gasteiger partial charge in [0, 0.05) is 5.92 Å². The number of hydrogen-bond acceptors (Lipinski definition) is 0. The van der Waals surface area contributed by atoms with Gasteiger partial charge >= 0.3 is 0 Å². The molecule has 0 spiro atoms. The van der Waals surface area contributed by atoms with Crippen molar-refractivity contribution in [1.82, 2.24) is 0 Å². The number of benzene rings is 1. The van der Waals surface area contributed by atoms with Crippen LogP contribution in [0.1, 0.15) is 19.8 Å². The van der Waals surface area contributed by atoms with E-state index in [4.69, 9.17) is 0 Å². The first-order valence-electron chi connectivity index (χ1n) is 8.53. The molecule has 0 saturated carbocycles. The molecule has 0 aliphatic heterocycles. The van der Waals surface area contributed by atoms with Crippen LogP contribution in [0.4, 0.5) is 0 Å². The van der Waals surface area contributed by atoms with E-state index in [9.17, 15) is 0 Å². The van der Waals surface area contributed by atoms with Crippen LogP contribution in [0.15, 0.2) is 84.5 Å². The number of hydrogen-bond donors (Lipinski definition) is 0. The molecule has 1 aromatic rings. The fourth-order valence-corrected chi connectivity index (χ4v) is 3.97. The van der Waals surface area contributed by atoms with Gasteiger partial charge in [0.25, 0.3) is 0 Å². The molecule has 0 fully saturated rings. The minimum Gasteiger partial charge on any atom is -0.0807 e. The van der Waals surface area contributed by atoms with E-state index in [1.54, 1.807) is 0 Å². The predicted octanol–water partition coefficient (Wildman–Crippen LogP) is 4.21. The highest BCUT2D eigenvalue weighted by atomic mass is 14.3. The minimum absolute atomic E-state index is 0.475. The second-order valence-corrected chi connectivity index (χ2v) is 6.54. The molecule has 2 unspecified atom stereocenters. The zero-order valence-corrected chi connectivity index (χ0v) is 13.6. The van der Waals surface area contributed by atoms with Gasteiger partial charge in [0.15, 0.2) is 0 Å². The summed E-state index contributed by atoms with van der Waals surface area (Å²) in [5, 5.41) is 2.83. The fourth-order valence-electron chi connectivity index (χ4n) is 3.97. The largest absolute Gasteiger partial charge is 0.0807 e. The van der Waals surface area contributed by atoms with Crippen LogP contribution in [0.5, 0.6) is 0 Å². The van der Waals surface area contributed by atoms with Gasteiger partial charge in [0.05, 0.1) is 0 Å². The number of rotatable bonds is 1. The zero-order chi connectivity index (χ0) is 15.6. The molecule has 0 amide bonds. The third-order valence-electron chi connectivity index (χ3n) is 5.18. The molecule has 3 aliphatic rings. The highest BCUT2D eigenvalue weighted by Gasteiger charge is 2.24. The summed E-state index contributed by atoms with van der Waals surface area (Å²) in [6, 6.07) is 8.93. The Kier molecular flexibility index (Phi) is 3.75. The van der Waals surface area contributed by atoms with Gasteiger partial charge in [-0.1, -0.05) is 84.5 Å². The molecule has 4 rings (SSSR count). The van der Waals surface area contributed by atoms with Crippen LogP contribution in [0.2, 0.25) is 0 Å². The Morgan fingerprint density at radius 1 is 0.870 bits per heavy atom. The Balaban J connectivity index is 2.08. The summed E-state index contributed by atoms with van der Waals surface area (Å²) in [5.74, 6) is 1.00. The first-order chi connectivity index (χ1) is 11.3. The van der Waals surface area contributed by atoms with Crippen molar-refractivity contribution in [1.29, 1.82) is 0 Å². The van der Waals surface area contributed by atoms with E-state index in [1.165, 1.54) is 33.6 Å². The van der Waals surface area contributed by atoms with Crippen LogP contribution >= 0.6 is 0 Å². The fraction of sp³-hybridized carbons (Fsp3) is 0.217. The highest BCUT2D eigenvalue weighted by molar-refractivity contribution is 5.74. The van der Waals surface area contributed by atoms with Crippen LogP contribution in [-0.2, 0) is 0 Å². The molecule has 0 aromatic heterocycles. The molecular formula is C23H22. The average Bonchev–Trinajstić information content (AvgIpc) is 3.02. The zero-order valence-electron chi connectivity index (χ0n) is 13.6. The minimum atomic E-state index is 0.475. The van der Waals surface area contributed by atoms with Gasteiger partial charge in [0.1, 0.15) is 0 Å². The van der Waals surface area contributed by atoms with Crippen LogP contribution in [0.3, 0.4) is 0 Å². The lowest BCUT2D eigenvalue weighted by atomic mass is 9.84. The average molecular weight is 298 g/mol. The Morgan fingerprint density at radius 2 is 1.65 bits per heavy atom. The highest BCUT2D eigenvalue weighted by Crippen LogP contribution is 2.35. The van der Waals surface area contributed by atoms with E-state index in [-0.39, 0.29) is 0 Å². The van der Waals surface area contributed by atoms with E-state index in [2.05, 4.69) is 85.9 Å². The van der Waals surface area contributed by atoms with Gasteiger partial charge < -0.3 is 0 Å². The molecule has 0 radical (unpaired) electrons. The molecule has 0 heterocycles. The van der Waals surface area contributed by atoms with Gasteiger partial charge in [0.2, 0.25) is 0 Å². The summed E-state index contributed by atoms with van der Waals surface area (Å²) in [6.45, 7) is 2.30. The van der Waals surface area contributed by atoms with Gasteiger partial charge in [-0.2, -0.15) is 0 Å². The molecular weight excluding hydrogens is 276 g/mol. The molecule has 0 N–H and O–H groups in total. The smallest absolute Gasteiger partial charge is 0.00417 e. The summed E-state index contributed by atoms with van der Waals surface area (Å²) in [5.41, 5.74) is 4.37. The molecule has 2 atom stereocenters. The van der Waals surface area contributed by atoms with Crippen molar-refractivity contribution >= 4 is 11.1 Å². The maximum atomic E-state index is 2.38. The van der Waals surface area contributed by atoms with Gasteiger partial charge in [-0.3, -0.25) is 0 Å². The Labute approximate surface area is 138 Å². The molecule has 1 aromatic carbocycles. The molecule has 0 nitrogen and oxygen atoms in total. The number of allylic oxidation sites excluding steroid dienone is 10. The molecule has 114 valence electrons. The van der Waals surface area contributed by atoms with Crippen molar-refractivity contribution in [3.05, 3.63) is 95.0 Å². The first kappa shape index (κ1) is 14.3. The van der Waals surface area contributed by atoms with Crippen LogP contribution in [0, 0.1) is 11.8 Å². The SMILES string of the molecule is CC1=c2ccccc2=C(C2=CCC=CC=C2)C2C=CC=CC1C2. The van der Waals surface area contributed by atoms with E-state index in [1.807, 2.05) is 0 Å². The van der Waals surface area contributed by atoms with Gasteiger partial charge in [-0.25, -0.2) is 0 Å². The lowest BCUT2D eigenvalue weighted by molar-refractivity contribution is 0.653. The Hall–Kier alpha value is -2.34. The van der Waals surface area contributed by atoms with Crippen molar-refractivity contribution in [3.63, 3.8) is 0 Å². The third-order valence-corrected chi connectivity index (χ3v) is 5.18. The Bertz CT molecular complexity index is 884. The van der Waals surface area contributed by atoms with Crippen LogP contribution < -0.4 is 10.4 Å². The molecule has 23 heavy (non-hydrogen) atoms. The van der Waals surface area contributed by atoms with Crippen LogP contribution in [-0.4, -0.2) is 0 Å². The normalized spacial score (nSPS) is 25.5. The third kappa shape index (κ3) is 2.59. The van der Waals surface area contributed by atoms with E-state index < -0.39 is 0 Å². The van der Waals surface area contributed by atoms with Crippen molar-refractivity contribution in [2.75, 3.05) is 0 Å². The summed E-state index contributed by atoms with van der Waals surface area (Å²) in [4.78, 5) is 0. The maximum Gasteiger partial charge on any atom is 0.00417 e. The van der Waals surface area contributed by atoms with Crippen LogP contribution in [0.25, 0.3) is 11.1 Å². The Morgan fingerprint density at radius 3 is 2.52 bits per heavy atom. The number of fused-ring (bicyclic) bond motifs is 3. The summed E-state index contributed by atoms with van der Waals surface area (Å²) >= 11 is 0. The lowest BCUT2D eigenvalue weighted by Crippen LogP contribution is -2.29.